The monoisotopic (exact) mass is 259 g/mol. The number of nitrogen functional groups attached to an aromatic ring is 2. The van der Waals surface area contributed by atoms with Gasteiger partial charge >= 0.3 is 0 Å². The lowest BCUT2D eigenvalue weighted by atomic mass is 10.2. The summed E-state index contributed by atoms with van der Waals surface area (Å²) in [4.78, 5) is 11.9. The summed E-state index contributed by atoms with van der Waals surface area (Å²) < 4.78 is 0. The largest absolute Gasteiger partial charge is 0.506 e. The first-order valence-corrected chi connectivity index (χ1v) is 5.45. The molecule has 0 aliphatic rings. The van der Waals surface area contributed by atoms with Gasteiger partial charge in [-0.25, -0.2) is 0 Å². The van der Waals surface area contributed by atoms with Crippen LogP contribution in [0.3, 0.4) is 0 Å². The summed E-state index contributed by atoms with van der Waals surface area (Å²) in [6, 6.07) is 8.63. The number of aromatic hydroxyl groups is 2. The van der Waals surface area contributed by atoms with Gasteiger partial charge in [0.25, 0.3) is 5.91 Å². The fourth-order valence-electron chi connectivity index (χ4n) is 1.52. The zero-order chi connectivity index (χ0) is 14.0. The van der Waals surface area contributed by atoms with Crippen molar-refractivity contribution in [2.45, 2.75) is 0 Å². The Morgan fingerprint density at radius 3 is 2.26 bits per heavy atom. The molecule has 0 aromatic heterocycles. The molecule has 0 heterocycles. The maximum absolute atomic E-state index is 11.9. The Morgan fingerprint density at radius 1 is 1.00 bits per heavy atom. The van der Waals surface area contributed by atoms with Crippen molar-refractivity contribution >= 4 is 23.0 Å². The van der Waals surface area contributed by atoms with Crippen molar-refractivity contribution in [2.24, 2.45) is 0 Å². The van der Waals surface area contributed by atoms with Crippen LogP contribution in [0.25, 0.3) is 0 Å². The van der Waals surface area contributed by atoms with E-state index < -0.39 is 5.91 Å². The highest BCUT2D eigenvalue weighted by atomic mass is 16.3. The van der Waals surface area contributed by atoms with Gasteiger partial charge in [-0.15, -0.1) is 0 Å². The second-order valence-electron chi connectivity index (χ2n) is 4.00. The maximum Gasteiger partial charge on any atom is 0.255 e. The summed E-state index contributed by atoms with van der Waals surface area (Å²) >= 11 is 0. The van der Waals surface area contributed by atoms with Crippen molar-refractivity contribution in [2.75, 3.05) is 16.8 Å². The van der Waals surface area contributed by atoms with E-state index in [9.17, 15) is 15.0 Å². The van der Waals surface area contributed by atoms with Crippen molar-refractivity contribution in [1.29, 1.82) is 0 Å². The number of phenols is 2. The molecule has 2 aromatic carbocycles. The van der Waals surface area contributed by atoms with Crippen molar-refractivity contribution in [3.63, 3.8) is 0 Å². The van der Waals surface area contributed by atoms with Crippen molar-refractivity contribution in [3.8, 4) is 11.5 Å². The third kappa shape index (κ3) is 2.68. The highest BCUT2D eigenvalue weighted by Gasteiger charge is 2.11. The van der Waals surface area contributed by atoms with E-state index in [1.807, 2.05) is 0 Å². The lowest BCUT2D eigenvalue weighted by molar-refractivity contribution is 0.102. The molecule has 0 spiro atoms. The summed E-state index contributed by atoms with van der Waals surface area (Å²) in [7, 11) is 0. The van der Waals surface area contributed by atoms with Crippen LogP contribution < -0.4 is 16.8 Å². The fraction of sp³-hybridized carbons (Fsp3) is 0. The number of carbonyl (C=O) groups is 1. The third-order valence-electron chi connectivity index (χ3n) is 2.57. The van der Waals surface area contributed by atoms with Gasteiger partial charge in [-0.2, -0.15) is 0 Å². The predicted octanol–water partition coefficient (Wildman–Crippen LogP) is 1.51. The molecule has 7 N–H and O–H groups in total. The van der Waals surface area contributed by atoms with E-state index in [1.165, 1.54) is 6.07 Å². The number of carbonyl (C=O) groups excluding carboxylic acids is 1. The molecule has 2 rings (SSSR count). The molecule has 1 amide bonds. The number of nitrogens with two attached hydrogens (primary N) is 2. The number of anilines is 3. The molecule has 0 aliphatic heterocycles. The van der Waals surface area contributed by atoms with Gasteiger partial charge < -0.3 is 27.0 Å². The molecule has 0 unspecified atom stereocenters. The Morgan fingerprint density at radius 2 is 1.63 bits per heavy atom. The molecular weight excluding hydrogens is 246 g/mol. The van der Waals surface area contributed by atoms with E-state index >= 15 is 0 Å². The lowest BCUT2D eigenvalue weighted by Crippen LogP contribution is -2.12. The Kier molecular flexibility index (Phi) is 3.15. The summed E-state index contributed by atoms with van der Waals surface area (Å²) in [5, 5.41) is 21.5. The van der Waals surface area contributed by atoms with E-state index in [0.29, 0.717) is 11.3 Å². The van der Waals surface area contributed by atoms with Gasteiger partial charge in [0.1, 0.15) is 11.5 Å². The molecule has 19 heavy (non-hydrogen) atoms. The average molecular weight is 259 g/mol. The molecule has 0 radical (unpaired) electrons. The fourth-order valence-corrected chi connectivity index (χ4v) is 1.52. The van der Waals surface area contributed by atoms with E-state index in [0.717, 1.165) is 6.07 Å². The number of hydrogen-bond donors (Lipinski definition) is 5. The van der Waals surface area contributed by atoms with Crippen LogP contribution in [-0.4, -0.2) is 16.1 Å². The van der Waals surface area contributed by atoms with Gasteiger partial charge in [0.15, 0.2) is 0 Å². The van der Waals surface area contributed by atoms with Gasteiger partial charge in [0.2, 0.25) is 0 Å². The maximum atomic E-state index is 11.9. The molecule has 0 fully saturated rings. The average Bonchev–Trinajstić information content (AvgIpc) is 2.36. The zero-order valence-electron chi connectivity index (χ0n) is 9.92. The minimum absolute atomic E-state index is 0.0305. The van der Waals surface area contributed by atoms with Crippen LogP contribution in [0.4, 0.5) is 17.1 Å². The lowest BCUT2D eigenvalue weighted by Gasteiger charge is -2.09. The first-order chi connectivity index (χ1) is 8.97. The number of nitrogens with one attached hydrogen (secondary N) is 1. The molecular formula is C13H13N3O3. The van der Waals surface area contributed by atoms with Gasteiger partial charge in [-0.1, -0.05) is 0 Å². The predicted molar refractivity (Wildman–Crippen MR) is 73.0 cm³/mol. The topological polar surface area (TPSA) is 122 Å². The first kappa shape index (κ1) is 12.6. The van der Waals surface area contributed by atoms with Crippen LogP contribution in [0.15, 0.2) is 36.4 Å². The standard InChI is InChI=1S/C13H13N3O3/c14-8-3-1-7(2-4-8)13(19)16-10-6-11(17)9(15)5-12(10)18/h1-6,17-18H,14-15H2,(H,16,19). The Hall–Kier alpha value is -2.89. The number of amides is 1. The molecule has 0 bridgehead atoms. The van der Waals surface area contributed by atoms with E-state index in [4.69, 9.17) is 11.5 Å². The van der Waals surface area contributed by atoms with E-state index in [1.54, 1.807) is 24.3 Å². The van der Waals surface area contributed by atoms with Crippen LogP contribution in [0.1, 0.15) is 10.4 Å². The second-order valence-corrected chi connectivity index (χ2v) is 4.00. The van der Waals surface area contributed by atoms with Gasteiger partial charge in [-0.3, -0.25) is 4.79 Å². The third-order valence-corrected chi connectivity index (χ3v) is 2.57. The molecule has 0 atom stereocenters. The Balaban J connectivity index is 2.24. The number of hydrogen-bond acceptors (Lipinski definition) is 5. The summed E-state index contributed by atoms with van der Waals surface area (Å²) in [6.45, 7) is 0. The number of rotatable bonds is 2. The van der Waals surface area contributed by atoms with Crippen LogP contribution in [0, 0.1) is 0 Å². The highest BCUT2D eigenvalue weighted by Crippen LogP contribution is 2.33. The van der Waals surface area contributed by atoms with Crippen molar-refractivity contribution in [3.05, 3.63) is 42.0 Å². The molecule has 6 heteroatoms. The molecule has 0 saturated heterocycles. The van der Waals surface area contributed by atoms with Crippen LogP contribution in [-0.2, 0) is 0 Å². The Labute approximate surface area is 109 Å². The highest BCUT2D eigenvalue weighted by molar-refractivity contribution is 6.05. The van der Waals surface area contributed by atoms with Crippen LogP contribution >= 0.6 is 0 Å². The van der Waals surface area contributed by atoms with Gasteiger partial charge in [-0.05, 0) is 24.3 Å². The number of phenolic OH excluding ortho intramolecular Hbond substituents is 2. The summed E-state index contributed by atoms with van der Waals surface area (Å²) in [5.74, 6) is -0.871. The summed E-state index contributed by atoms with van der Waals surface area (Å²) in [6.07, 6.45) is 0. The minimum atomic E-state index is -0.431. The van der Waals surface area contributed by atoms with E-state index in [-0.39, 0.29) is 22.9 Å². The SMILES string of the molecule is Nc1ccc(C(=O)Nc2cc(O)c(N)cc2O)cc1. The van der Waals surface area contributed by atoms with Crippen LogP contribution in [0.5, 0.6) is 11.5 Å². The van der Waals surface area contributed by atoms with Crippen molar-refractivity contribution < 1.29 is 15.0 Å². The summed E-state index contributed by atoms with van der Waals surface area (Å²) in [5.41, 5.74) is 12.0. The number of benzene rings is 2. The Bertz CT molecular complexity index is 624. The molecule has 0 aliphatic carbocycles. The molecule has 0 saturated carbocycles. The minimum Gasteiger partial charge on any atom is -0.506 e. The van der Waals surface area contributed by atoms with Crippen LogP contribution in [0.2, 0.25) is 0 Å². The smallest absolute Gasteiger partial charge is 0.255 e. The second kappa shape index (κ2) is 4.77. The zero-order valence-corrected chi connectivity index (χ0v) is 9.92. The molecule has 2 aromatic rings. The molecule has 98 valence electrons. The quantitative estimate of drug-likeness (QED) is 0.318. The normalized spacial score (nSPS) is 10.1. The molecule has 6 nitrogen and oxygen atoms in total. The van der Waals surface area contributed by atoms with E-state index in [2.05, 4.69) is 5.32 Å². The van der Waals surface area contributed by atoms with Gasteiger partial charge in [0, 0.05) is 23.4 Å². The first-order valence-electron chi connectivity index (χ1n) is 5.45. The van der Waals surface area contributed by atoms with Gasteiger partial charge in [0.05, 0.1) is 11.4 Å². The van der Waals surface area contributed by atoms with Crippen molar-refractivity contribution in [1.82, 2.24) is 0 Å².